The van der Waals surface area contributed by atoms with Crippen molar-refractivity contribution in [1.29, 1.82) is 0 Å². The highest BCUT2D eigenvalue weighted by Crippen LogP contribution is 2.31. The van der Waals surface area contributed by atoms with E-state index in [2.05, 4.69) is 32.7 Å². The third-order valence-electron chi connectivity index (χ3n) is 3.08. The lowest BCUT2D eigenvalue weighted by molar-refractivity contribution is 0.369. The van der Waals surface area contributed by atoms with Gasteiger partial charge in [0.1, 0.15) is 0 Å². The molecule has 84 valence electrons. The first-order valence-electron chi connectivity index (χ1n) is 5.28. The van der Waals surface area contributed by atoms with Crippen LogP contribution < -0.4 is 5.32 Å². The van der Waals surface area contributed by atoms with Gasteiger partial charge in [0.2, 0.25) is 0 Å². The molecular formula is C11H15BrClNS. The van der Waals surface area contributed by atoms with Gasteiger partial charge in [0, 0.05) is 32.7 Å². The molecule has 1 heterocycles. The second kappa shape index (κ2) is 5.17. The molecule has 1 aromatic heterocycles. The van der Waals surface area contributed by atoms with Crippen molar-refractivity contribution >= 4 is 38.9 Å². The monoisotopic (exact) mass is 307 g/mol. The van der Waals surface area contributed by atoms with E-state index >= 15 is 0 Å². The predicted molar refractivity (Wildman–Crippen MR) is 70.8 cm³/mol. The molecular weight excluding hydrogens is 294 g/mol. The minimum Gasteiger partial charge on any atom is -0.305 e. The lowest BCUT2D eigenvalue weighted by atomic mass is 10.0. The smallest absolute Gasteiger partial charge is 0.0406 e. The van der Waals surface area contributed by atoms with Crippen molar-refractivity contribution in [3.05, 3.63) is 20.8 Å². The van der Waals surface area contributed by atoms with Crippen LogP contribution in [0.4, 0.5) is 0 Å². The normalized spacial score (nSPS) is 19.6. The first-order chi connectivity index (χ1) is 7.24. The average molecular weight is 309 g/mol. The van der Waals surface area contributed by atoms with Crippen LogP contribution in [0.5, 0.6) is 0 Å². The molecule has 1 aromatic rings. The molecule has 4 heteroatoms. The molecule has 0 aromatic carbocycles. The summed E-state index contributed by atoms with van der Waals surface area (Å²) in [5.41, 5.74) is 0.206. The molecule has 0 unspecified atom stereocenters. The zero-order valence-corrected chi connectivity index (χ0v) is 11.7. The highest BCUT2D eigenvalue weighted by Gasteiger charge is 2.32. The summed E-state index contributed by atoms with van der Waals surface area (Å²) in [7, 11) is 0. The first-order valence-corrected chi connectivity index (χ1v) is 7.49. The van der Waals surface area contributed by atoms with Crippen LogP contribution in [-0.2, 0) is 6.54 Å². The lowest BCUT2D eigenvalue weighted by Gasteiger charge is -2.27. The van der Waals surface area contributed by atoms with Crippen LogP contribution in [-0.4, -0.2) is 11.4 Å². The zero-order valence-electron chi connectivity index (χ0n) is 8.56. The van der Waals surface area contributed by atoms with Crippen LogP contribution in [0, 0.1) is 0 Å². The average Bonchev–Trinajstić information content (AvgIpc) is 2.85. The van der Waals surface area contributed by atoms with E-state index in [0.29, 0.717) is 0 Å². The largest absolute Gasteiger partial charge is 0.305 e. The Hall–Kier alpha value is 0.430. The molecule has 2 rings (SSSR count). The molecule has 1 aliphatic rings. The van der Waals surface area contributed by atoms with Crippen LogP contribution in [0.25, 0.3) is 0 Å². The minimum absolute atomic E-state index is 0.206. The van der Waals surface area contributed by atoms with Gasteiger partial charge < -0.3 is 5.32 Å². The van der Waals surface area contributed by atoms with E-state index in [-0.39, 0.29) is 5.54 Å². The number of hydrogen-bond donors (Lipinski definition) is 1. The first kappa shape index (κ1) is 11.9. The molecule has 1 N–H and O–H groups in total. The second-order valence-corrected chi connectivity index (χ2v) is 6.38. The number of rotatable bonds is 4. The van der Waals surface area contributed by atoms with Gasteiger partial charge in [-0.05, 0) is 34.8 Å². The van der Waals surface area contributed by atoms with Crippen molar-refractivity contribution in [1.82, 2.24) is 5.32 Å². The number of nitrogens with one attached hydrogen (secondary N) is 1. The fraction of sp³-hybridized carbons (Fsp3) is 0.636. The Bertz CT molecular complexity index is 320. The van der Waals surface area contributed by atoms with E-state index in [1.165, 1.54) is 35.0 Å². The molecule has 1 nitrogen and oxygen atoms in total. The molecule has 0 amide bonds. The van der Waals surface area contributed by atoms with E-state index in [1.54, 1.807) is 11.3 Å². The summed E-state index contributed by atoms with van der Waals surface area (Å²) in [5, 5.41) is 5.76. The summed E-state index contributed by atoms with van der Waals surface area (Å²) in [6, 6.07) is 2.18. The summed E-state index contributed by atoms with van der Waals surface area (Å²) in [6.45, 7) is 0.947. The summed E-state index contributed by atoms with van der Waals surface area (Å²) in [5.74, 6) is 0.736. The maximum Gasteiger partial charge on any atom is 0.0406 e. The van der Waals surface area contributed by atoms with E-state index in [0.717, 1.165) is 12.4 Å². The Morgan fingerprint density at radius 2 is 2.20 bits per heavy atom. The van der Waals surface area contributed by atoms with Gasteiger partial charge in [-0.2, -0.15) is 0 Å². The maximum absolute atomic E-state index is 6.07. The van der Waals surface area contributed by atoms with Crippen LogP contribution in [0.3, 0.4) is 0 Å². The molecule has 1 fully saturated rings. The van der Waals surface area contributed by atoms with Crippen molar-refractivity contribution in [2.75, 3.05) is 5.88 Å². The van der Waals surface area contributed by atoms with Crippen LogP contribution in [0.1, 0.15) is 30.6 Å². The van der Waals surface area contributed by atoms with Crippen molar-refractivity contribution in [3.63, 3.8) is 0 Å². The highest BCUT2D eigenvalue weighted by molar-refractivity contribution is 9.10. The Labute approximate surface area is 108 Å². The van der Waals surface area contributed by atoms with Crippen LogP contribution in [0.15, 0.2) is 15.9 Å². The van der Waals surface area contributed by atoms with E-state index in [4.69, 9.17) is 11.6 Å². The van der Waals surface area contributed by atoms with Crippen molar-refractivity contribution < 1.29 is 0 Å². The number of hydrogen-bond acceptors (Lipinski definition) is 2. The molecule has 0 saturated heterocycles. The summed E-state index contributed by atoms with van der Waals surface area (Å²) < 4.78 is 1.18. The van der Waals surface area contributed by atoms with Gasteiger partial charge >= 0.3 is 0 Å². The molecule has 0 bridgehead atoms. The molecule has 1 aliphatic carbocycles. The number of alkyl halides is 1. The molecule has 1 saturated carbocycles. The van der Waals surface area contributed by atoms with Gasteiger partial charge in [0.05, 0.1) is 0 Å². The van der Waals surface area contributed by atoms with Crippen molar-refractivity contribution in [2.45, 2.75) is 37.8 Å². The SMILES string of the molecule is ClCC1(NCc2cc(Br)cs2)CCCC1. The quantitative estimate of drug-likeness (QED) is 0.824. The Morgan fingerprint density at radius 1 is 1.47 bits per heavy atom. The maximum atomic E-state index is 6.07. The number of thiophene rings is 1. The van der Waals surface area contributed by atoms with E-state index < -0.39 is 0 Å². The van der Waals surface area contributed by atoms with Gasteiger partial charge in [-0.3, -0.25) is 0 Å². The molecule has 0 spiro atoms. The molecule has 0 radical (unpaired) electrons. The fourth-order valence-corrected chi connectivity index (χ4v) is 3.88. The van der Waals surface area contributed by atoms with Gasteiger partial charge in [-0.1, -0.05) is 12.8 Å². The lowest BCUT2D eigenvalue weighted by Crippen LogP contribution is -2.43. The Balaban J connectivity index is 1.91. The molecule has 15 heavy (non-hydrogen) atoms. The van der Waals surface area contributed by atoms with Crippen molar-refractivity contribution in [2.24, 2.45) is 0 Å². The van der Waals surface area contributed by atoms with Crippen LogP contribution >= 0.6 is 38.9 Å². The summed E-state index contributed by atoms with van der Waals surface area (Å²) >= 11 is 11.3. The van der Waals surface area contributed by atoms with Gasteiger partial charge in [-0.15, -0.1) is 22.9 Å². The van der Waals surface area contributed by atoms with E-state index in [1.807, 2.05) is 0 Å². The fourth-order valence-electron chi connectivity index (χ4n) is 2.13. The Morgan fingerprint density at radius 3 is 2.73 bits per heavy atom. The second-order valence-electron chi connectivity index (χ2n) is 4.21. The van der Waals surface area contributed by atoms with Crippen molar-refractivity contribution in [3.8, 4) is 0 Å². The van der Waals surface area contributed by atoms with Gasteiger partial charge in [-0.25, -0.2) is 0 Å². The molecule has 0 atom stereocenters. The third-order valence-corrected chi connectivity index (χ3v) is 5.29. The van der Waals surface area contributed by atoms with Gasteiger partial charge in [0.15, 0.2) is 0 Å². The highest BCUT2D eigenvalue weighted by atomic mass is 79.9. The van der Waals surface area contributed by atoms with Crippen LogP contribution in [0.2, 0.25) is 0 Å². The summed E-state index contributed by atoms with van der Waals surface area (Å²) in [4.78, 5) is 1.37. The summed E-state index contributed by atoms with van der Waals surface area (Å²) in [6.07, 6.45) is 5.08. The molecule has 0 aliphatic heterocycles. The van der Waals surface area contributed by atoms with Gasteiger partial charge in [0.25, 0.3) is 0 Å². The topological polar surface area (TPSA) is 12.0 Å². The number of halogens is 2. The van der Waals surface area contributed by atoms with E-state index in [9.17, 15) is 0 Å². The zero-order chi connectivity index (χ0) is 10.7. The Kier molecular flexibility index (Phi) is 4.10. The minimum atomic E-state index is 0.206. The third kappa shape index (κ3) is 2.96. The standard InChI is InChI=1S/C11H15BrClNS/c12-9-5-10(15-7-9)6-14-11(8-13)3-1-2-4-11/h5,7,14H,1-4,6,8H2. The predicted octanol–water partition coefficient (Wildman–Crippen LogP) is 4.15.